The third-order valence-corrected chi connectivity index (χ3v) is 2.58. The highest BCUT2D eigenvalue weighted by Gasteiger charge is 2.06. The quantitative estimate of drug-likeness (QED) is 0.698. The lowest BCUT2D eigenvalue weighted by Crippen LogP contribution is -2.17. The van der Waals surface area contributed by atoms with Gasteiger partial charge in [0.1, 0.15) is 12.4 Å². The summed E-state index contributed by atoms with van der Waals surface area (Å²) in [6.07, 6.45) is 1.36. The van der Waals surface area contributed by atoms with Gasteiger partial charge in [-0.2, -0.15) is 0 Å². The van der Waals surface area contributed by atoms with Gasteiger partial charge in [-0.3, -0.25) is 4.98 Å². The largest absolute Gasteiger partial charge is 0.489 e. The summed E-state index contributed by atoms with van der Waals surface area (Å²) < 4.78 is 11.2. The normalized spacial score (nSPS) is 11.0. The molecular formula is C15H26N2O2. The third kappa shape index (κ3) is 6.55. The molecule has 19 heavy (non-hydrogen) atoms. The van der Waals surface area contributed by atoms with E-state index in [1.54, 1.807) is 0 Å². The van der Waals surface area contributed by atoms with Crippen molar-refractivity contribution >= 4 is 0 Å². The number of ether oxygens (including phenoxy) is 2. The molecule has 1 aromatic rings. The van der Waals surface area contributed by atoms with E-state index in [2.05, 4.69) is 17.2 Å². The van der Waals surface area contributed by atoms with E-state index in [0.29, 0.717) is 13.2 Å². The number of rotatable bonds is 9. The molecule has 0 aliphatic carbocycles. The molecule has 0 aromatic carbocycles. The summed E-state index contributed by atoms with van der Waals surface area (Å²) in [4.78, 5) is 4.53. The Bertz CT molecular complexity index is 367. The summed E-state index contributed by atoms with van der Waals surface area (Å²) in [6.45, 7) is 11.1. The van der Waals surface area contributed by atoms with Crippen LogP contribution in [-0.4, -0.2) is 30.8 Å². The molecule has 0 amide bonds. The molecule has 0 spiro atoms. The molecule has 0 saturated carbocycles. The number of nitrogens with zero attached hydrogens (tertiary/aromatic N) is 1. The zero-order chi connectivity index (χ0) is 14.1. The minimum Gasteiger partial charge on any atom is -0.489 e. The predicted molar refractivity (Wildman–Crippen MR) is 77.6 cm³/mol. The number of pyridine rings is 1. The molecule has 1 rings (SSSR count). The third-order valence-electron chi connectivity index (χ3n) is 2.58. The molecule has 0 aliphatic rings. The van der Waals surface area contributed by atoms with E-state index >= 15 is 0 Å². The second-order valence-corrected chi connectivity index (χ2v) is 4.84. The van der Waals surface area contributed by atoms with Crippen molar-refractivity contribution in [3.63, 3.8) is 0 Å². The van der Waals surface area contributed by atoms with Crippen molar-refractivity contribution in [2.24, 2.45) is 0 Å². The molecule has 108 valence electrons. The second-order valence-electron chi connectivity index (χ2n) is 4.84. The van der Waals surface area contributed by atoms with Gasteiger partial charge in [-0.25, -0.2) is 0 Å². The van der Waals surface area contributed by atoms with Gasteiger partial charge in [-0.05, 0) is 45.9 Å². The highest BCUT2D eigenvalue weighted by molar-refractivity contribution is 5.29. The Morgan fingerprint density at radius 3 is 2.74 bits per heavy atom. The van der Waals surface area contributed by atoms with Crippen LogP contribution in [0.3, 0.4) is 0 Å². The molecule has 0 fully saturated rings. The number of aromatic nitrogens is 1. The van der Waals surface area contributed by atoms with Crippen LogP contribution in [0.5, 0.6) is 5.75 Å². The van der Waals surface area contributed by atoms with Gasteiger partial charge >= 0.3 is 0 Å². The Kier molecular flexibility index (Phi) is 7.45. The Morgan fingerprint density at radius 2 is 2.05 bits per heavy atom. The monoisotopic (exact) mass is 266 g/mol. The van der Waals surface area contributed by atoms with E-state index in [-0.39, 0.29) is 6.10 Å². The minimum absolute atomic E-state index is 0.241. The average molecular weight is 266 g/mol. The Labute approximate surface area is 116 Å². The maximum absolute atomic E-state index is 5.75. The first-order chi connectivity index (χ1) is 9.13. The highest BCUT2D eigenvalue weighted by Crippen LogP contribution is 2.16. The van der Waals surface area contributed by atoms with Crippen molar-refractivity contribution < 1.29 is 9.47 Å². The number of hydrogen-bond donors (Lipinski definition) is 1. The number of hydrogen-bond acceptors (Lipinski definition) is 4. The van der Waals surface area contributed by atoms with Crippen LogP contribution in [-0.2, 0) is 11.3 Å². The Morgan fingerprint density at radius 1 is 1.26 bits per heavy atom. The molecule has 1 aromatic heterocycles. The van der Waals surface area contributed by atoms with Crippen LogP contribution in [0.25, 0.3) is 0 Å². The summed E-state index contributed by atoms with van der Waals surface area (Å²) in [6, 6.07) is 3.96. The van der Waals surface area contributed by atoms with E-state index in [1.165, 1.54) is 0 Å². The second kappa shape index (κ2) is 8.88. The maximum atomic E-state index is 5.75. The molecule has 1 heterocycles. The molecule has 4 nitrogen and oxygen atoms in total. The Hall–Kier alpha value is -1.13. The first-order valence-corrected chi connectivity index (χ1v) is 7.05. The summed E-state index contributed by atoms with van der Waals surface area (Å²) >= 11 is 0. The van der Waals surface area contributed by atoms with Crippen molar-refractivity contribution in [1.29, 1.82) is 0 Å². The molecule has 0 bridgehead atoms. The van der Waals surface area contributed by atoms with Gasteiger partial charge in [-0.1, -0.05) is 6.92 Å². The fourth-order valence-corrected chi connectivity index (χ4v) is 1.67. The van der Waals surface area contributed by atoms with Crippen molar-refractivity contribution in [2.45, 2.75) is 46.8 Å². The van der Waals surface area contributed by atoms with Crippen molar-refractivity contribution in [3.05, 3.63) is 23.5 Å². The topological polar surface area (TPSA) is 43.4 Å². The van der Waals surface area contributed by atoms with Gasteiger partial charge in [0.2, 0.25) is 0 Å². The first-order valence-electron chi connectivity index (χ1n) is 7.05. The molecular weight excluding hydrogens is 240 g/mol. The molecule has 1 N–H and O–H groups in total. The lowest BCUT2D eigenvalue weighted by atomic mass is 10.2. The summed E-state index contributed by atoms with van der Waals surface area (Å²) in [5, 5.41) is 3.35. The first kappa shape index (κ1) is 15.9. The van der Waals surface area contributed by atoms with Crippen LogP contribution >= 0.6 is 0 Å². The van der Waals surface area contributed by atoms with Crippen LogP contribution < -0.4 is 10.1 Å². The molecule has 4 heteroatoms. The molecule has 0 unspecified atom stereocenters. The average Bonchev–Trinajstić information content (AvgIpc) is 2.36. The number of nitrogens with one attached hydrogen (secondary N) is 1. The standard InChI is InChI=1S/C15H26N2O2/c1-5-8-16-11-14-15(7-6-13(4)17-14)19-10-9-18-12(2)3/h6-7,12,16H,5,8-11H2,1-4H3. The van der Waals surface area contributed by atoms with Gasteiger partial charge in [0.05, 0.1) is 18.4 Å². The molecule has 0 atom stereocenters. The summed E-state index contributed by atoms with van der Waals surface area (Å²) in [5.41, 5.74) is 1.98. The van der Waals surface area contributed by atoms with Gasteiger partial charge in [0.25, 0.3) is 0 Å². The van der Waals surface area contributed by atoms with E-state index < -0.39 is 0 Å². The van der Waals surface area contributed by atoms with Crippen molar-refractivity contribution in [2.75, 3.05) is 19.8 Å². The van der Waals surface area contributed by atoms with Crippen LogP contribution in [0.4, 0.5) is 0 Å². The minimum atomic E-state index is 0.241. The summed E-state index contributed by atoms with van der Waals surface area (Å²) in [7, 11) is 0. The molecule has 0 aliphatic heterocycles. The molecule has 0 radical (unpaired) electrons. The van der Waals surface area contributed by atoms with E-state index in [4.69, 9.17) is 9.47 Å². The fraction of sp³-hybridized carbons (Fsp3) is 0.667. The van der Waals surface area contributed by atoms with Gasteiger partial charge in [0, 0.05) is 12.2 Å². The lowest BCUT2D eigenvalue weighted by molar-refractivity contribution is 0.0549. The number of aryl methyl sites for hydroxylation is 1. The van der Waals surface area contributed by atoms with Crippen molar-refractivity contribution in [3.8, 4) is 5.75 Å². The highest BCUT2D eigenvalue weighted by atomic mass is 16.5. The van der Waals surface area contributed by atoms with Gasteiger partial charge < -0.3 is 14.8 Å². The van der Waals surface area contributed by atoms with Crippen molar-refractivity contribution in [1.82, 2.24) is 10.3 Å². The van der Waals surface area contributed by atoms with Gasteiger partial charge in [-0.15, -0.1) is 0 Å². The fourth-order valence-electron chi connectivity index (χ4n) is 1.67. The van der Waals surface area contributed by atoms with Crippen LogP contribution in [0.15, 0.2) is 12.1 Å². The zero-order valence-corrected chi connectivity index (χ0v) is 12.5. The van der Waals surface area contributed by atoms with Crippen LogP contribution in [0.1, 0.15) is 38.6 Å². The Balaban J connectivity index is 2.50. The van der Waals surface area contributed by atoms with E-state index in [0.717, 1.165) is 36.6 Å². The predicted octanol–water partition coefficient (Wildman–Crippen LogP) is 2.69. The maximum Gasteiger partial charge on any atom is 0.142 e. The van der Waals surface area contributed by atoms with Crippen LogP contribution in [0.2, 0.25) is 0 Å². The summed E-state index contributed by atoms with van der Waals surface area (Å²) in [5.74, 6) is 0.849. The zero-order valence-electron chi connectivity index (χ0n) is 12.5. The lowest BCUT2D eigenvalue weighted by Gasteiger charge is -2.13. The van der Waals surface area contributed by atoms with E-state index in [1.807, 2.05) is 32.9 Å². The van der Waals surface area contributed by atoms with Gasteiger partial charge in [0.15, 0.2) is 0 Å². The molecule has 0 saturated heterocycles. The van der Waals surface area contributed by atoms with E-state index in [9.17, 15) is 0 Å². The van der Waals surface area contributed by atoms with Crippen LogP contribution in [0, 0.1) is 6.92 Å². The smallest absolute Gasteiger partial charge is 0.142 e. The SMILES string of the molecule is CCCNCc1nc(C)ccc1OCCOC(C)C.